The zero-order chi connectivity index (χ0) is 12.0. The summed E-state index contributed by atoms with van der Waals surface area (Å²) < 4.78 is 4.94. The maximum Gasteiger partial charge on any atom is 0.224 e. The maximum atomic E-state index is 11.6. The van der Waals surface area contributed by atoms with Crippen molar-refractivity contribution in [1.82, 2.24) is 5.32 Å². The van der Waals surface area contributed by atoms with Crippen molar-refractivity contribution >= 4 is 11.6 Å². The van der Waals surface area contributed by atoms with Crippen molar-refractivity contribution in [3.8, 4) is 0 Å². The Morgan fingerprint density at radius 1 is 1.50 bits per heavy atom. The molecule has 0 heterocycles. The summed E-state index contributed by atoms with van der Waals surface area (Å²) in [5.41, 5.74) is 7.26. The molecule has 0 aliphatic carbocycles. The quantitative estimate of drug-likeness (QED) is 0.729. The van der Waals surface area contributed by atoms with Crippen molar-refractivity contribution in [3.05, 3.63) is 29.8 Å². The summed E-state index contributed by atoms with van der Waals surface area (Å²) in [6.07, 6.45) is 0.306. The minimum absolute atomic E-state index is 0.0161. The summed E-state index contributed by atoms with van der Waals surface area (Å²) in [7, 11) is 1.61. The van der Waals surface area contributed by atoms with Crippen LogP contribution in [0.2, 0.25) is 0 Å². The predicted octanol–water partition coefficient (Wildman–Crippen LogP) is 0.962. The highest BCUT2D eigenvalue weighted by atomic mass is 16.5. The van der Waals surface area contributed by atoms with E-state index >= 15 is 0 Å². The van der Waals surface area contributed by atoms with Gasteiger partial charge < -0.3 is 15.8 Å². The molecular weight excluding hydrogens is 204 g/mol. The van der Waals surface area contributed by atoms with Crippen LogP contribution in [0, 0.1) is 0 Å². The molecule has 88 valence electrons. The van der Waals surface area contributed by atoms with Crippen molar-refractivity contribution in [2.24, 2.45) is 0 Å². The number of nitrogens with one attached hydrogen (secondary N) is 1. The van der Waals surface area contributed by atoms with E-state index in [4.69, 9.17) is 10.5 Å². The smallest absolute Gasteiger partial charge is 0.224 e. The molecule has 0 aliphatic heterocycles. The number of nitrogen functional groups attached to an aromatic ring is 1. The van der Waals surface area contributed by atoms with E-state index in [2.05, 4.69) is 5.32 Å². The Kier molecular flexibility index (Phi) is 4.79. The van der Waals surface area contributed by atoms with E-state index in [9.17, 15) is 4.79 Å². The number of hydrogen-bond donors (Lipinski definition) is 2. The number of carbonyl (C=O) groups excluding carboxylic acids is 1. The summed E-state index contributed by atoms with van der Waals surface area (Å²) in [5, 5.41) is 2.84. The van der Waals surface area contributed by atoms with Crippen LogP contribution in [0.5, 0.6) is 0 Å². The van der Waals surface area contributed by atoms with Crippen molar-refractivity contribution < 1.29 is 9.53 Å². The second-order valence-corrected chi connectivity index (χ2v) is 3.80. The third-order valence-corrected chi connectivity index (χ3v) is 2.23. The van der Waals surface area contributed by atoms with Crippen LogP contribution in [-0.2, 0) is 16.0 Å². The highest BCUT2D eigenvalue weighted by Crippen LogP contribution is 2.10. The van der Waals surface area contributed by atoms with Gasteiger partial charge >= 0.3 is 0 Å². The van der Waals surface area contributed by atoms with Gasteiger partial charge in [0.1, 0.15) is 0 Å². The van der Waals surface area contributed by atoms with Crippen molar-refractivity contribution in [2.75, 3.05) is 19.5 Å². The molecule has 0 fully saturated rings. The molecule has 4 nitrogen and oxygen atoms in total. The Labute approximate surface area is 95.8 Å². The Morgan fingerprint density at radius 2 is 2.19 bits per heavy atom. The van der Waals surface area contributed by atoms with Gasteiger partial charge in [0.15, 0.2) is 0 Å². The van der Waals surface area contributed by atoms with E-state index in [0.29, 0.717) is 18.7 Å². The fraction of sp³-hybridized carbons (Fsp3) is 0.417. The Balaban J connectivity index is 2.49. The molecule has 0 radical (unpaired) electrons. The standard InChI is InChI=1S/C12H18N2O2/c1-9(8-16-2)14-12(15)7-10-5-3-4-6-11(10)13/h3-6,9H,7-8,13H2,1-2H3,(H,14,15). The molecule has 16 heavy (non-hydrogen) atoms. The highest BCUT2D eigenvalue weighted by Gasteiger charge is 2.09. The fourth-order valence-corrected chi connectivity index (χ4v) is 1.49. The van der Waals surface area contributed by atoms with Crippen molar-refractivity contribution in [2.45, 2.75) is 19.4 Å². The third-order valence-electron chi connectivity index (χ3n) is 2.23. The van der Waals surface area contributed by atoms with Crippen LogP contribution in [0.1, 0.15) is 12.5 Å². The Morgan fingerprint density at radius 3 is 2.81 bits per heavy atom. The lowest BCUT2D eigenvalue weighted by atomic mass is 10.1. The predicted molar refractivity (Wildman–Crippen MR) is 64.0 cm³/mol. The maximum absolute atomic E-state index is 11.6. The molecule has 0 saturated heterocycles. The van der Waals surface area contributed by atoms with Gasteiger partial charge in [-0.05, 0) is 18.6 Å². The molecule has 3 N–H and O–H groups in total. The molecule has 1 amide bonds. The third kappa shape index (κ3) is 3.90. The van der Waals surface area contributed by atoms with Crippen LogP contribution in [-0.4, -0.2) is 25.7 Å². The van der Waals surface area contributed by atoms with Gasteiger partial charge in [-0.2, -0.15) is 0 Å². The molecule has 0 spiro atoms. The number of para-hydroxylation sites is 1. The molecule has 1 unspecified atom stereocenters. The molecule has 1 rings (SSSR count). The molecule has 4 heteroatoms. The second kappa shape index (κ2) is 6.12. The lowest BCUT2D eigenvalue weighted by Gasteiger charge is -2.13. The largest absolute Gasteiger partial charge is 0.398 e. The summed E-state index contributed by atoms with van der Waals surface area (Å²) in [4.78, 5) is 11.6. The Hall–Kier alpha value is -1.55. The zero-order valence-corrected chi connectivity index (χ0v) is 9.69. The second-order valence-electron chi connectivity index (χ2n) is 3.80. The topological polar surface area (TPSA) is 64.3 Å². The number of carbonyl (C=O) groups is 1. The number of benzene rings is 1. The van der Waals surface area contributed by atoms with Crippen LogP contribution >= 0.6 is 0 Å². The molecule has 0 aromatic heterocycles. The molecule has 0 saturated carbocycles. The molecule has 0 aliphatic rings. The van der Waals surface area contributed by atoms with Crippen LogP contribution in [0.25, 0.3) is 0 Å². The number of ether oxygens (including phenoxy) is 1. The van der Waals surface area contributed by atoms with Gasteiger partial charge in [-0.1, -0.05) is 18.2 Å². The first kappa shape index (κ1) is 12.5. The van der Waals surface area contributed by atoms with Gasteiger partial charge in [0.05, 0.1) is 13.0 Å². The highest BCUT2D eigenvalue weighted by molar-refractivity contribution is 5.80. The summed E-state index contributed by atoms with van der Waals surface area (Å²) in [6.45, 7) is 2.41. The van der Waals surface area contributed by atoms with E-state index in [1.165, 1.54) is 0 Å². The number of methoxy groups -OCH3 is 1. The van der Waals surface area contributed by atoms with E-state index in [-0.39, 0.29) is 11.9 Å². The minimum Gasteiger partial charge on any atom is -0.398 e. The van der Waals surface area contributed by atoms with Crippen LogP contribution in [0.4, 0.5) is 5.69 Å². The summed E-state index contributed by atoms with van der Waals surface area (Å²) in [6, 6.07) is 7.39. The molecule has 1 aromatic rings. The van der Waals surface area contributed by atoms with E-state index in [1.54, 1.807) is 13.2 Å². The molecule has 1 atom stereocenters. The molecule has 1 aromatic carbocycles. The van der Waals surface area contributed by atoms with Gasteiger partial charge in [-0.3, -0.25) is 4.79 Å². The lowest BCUT2D eigenvalue weighted by molar-refractivity contribution is -0.121. The summed E-state index contributed by atoms with van der Waals surface area (Å²) in [5.74, 6) is -0.0394. The van der Waals surface area contributed by atoms with Gasteiger partial charge in [0.2, 0.25) is 5.91 Å². The first-order valence-corrected chi connectivity index (χ1v) is 5.25. The van der Waals surface area contributed by atoms with Gasteiger partial charge in [-0.25, -0.2) is 0 Å². The normalized spacial score (nSPS) is 12.1. The van der Waals surface area contributed by atoms with Crippen LogP contribution in [0.15, 0.2) is 24.3 Å². The number of rotatable bonds is 5. The van der Waals surface area contributed by atoms with Gasteiger partial charge in [-0.15, -0.1) is 0 Å². The molecule has 0 bridgehead atoms. The SMILES string of the molecule is COCC(C)NC(=O)Cc1ccccc1N. The van der Waals surface area contributed by atoms with Gasteiger partial charge in [0, 0.05) is 18.8 Å². The Bertz CT molecular complexity index is 353. The number of nitrogens with two attached hydrogens (primary N) is 1. The van der Waals surface area contributed by atoms with E-state index in [0.717, 1.165) is 5.56 Å². The fourth-order valence-electron chi connectivity index (χ4n) is 1.49. The molecular formula is C12H18N2O2. The monoisotopic (exact) mass is 222 g/mol. The minimum atomic E-state index is -0.0394. The van der Waals surface area contributed by atoms with Crippen molar-refractivity contribution in [3.63, 3.8) is 0 Å². The van der Waals surface area contributed by atoms with E-state index < -0.39 is 0 Å². The summed E-state index contributed by atoms with van der Waals surface area (Å²) >= 11 is 0. The first-order valence-electron chi connectivity index (χ1n) is 5.25. The number of hydrogen-bond acceptors (Lipinski definition) is 3. The van der Waals surface area contributed by atoms with Gasteiger partial charge in [0.25, 0.3) is 0 Å². The van der Waals surface area contributed by atoms with Crippen LogP contribution in [0.3, 0.4) is 0 Å². The first-order chi connectivity index (χ1) is 7.63. The van der Waals surface area contributed by atoms with Crippen molar-refractivity contribution in [1.29, 1.82) is 0 Å². The average molecular weight is 222 g/mol. The van der Waals surface area contributed by atoms with Crippen LogP contribution < -0.4 is 11.1 Å². The average Bonchev–Trinajstić information content (AvgIpc) is 2.21. The number of amides is 1. The lowest BCUT2D eigenvalue weighted by Crippen LogP contribution is -2.36. The number of anilines is 1. The van der Waals surface area contributed by atoms with E-state index in [1.807, 2.05) is 25.1 Å². The zero-order valence-electron chi connectivity index (χ0n) is 9.69.